The summed E-state index contributed by atoms with van der Waals surface area (Å²) in [6.07, 6.45) is 1.14. The van der Waals surface area contributed by atoms with Crippen LogP contribution in [0.25, 0.3) is 0 Å². The first kappa shape index (κ1) is 27.9. The largest absolute Gasteiger partial charge is 0.497 e. The lowest BCUT2D eigenvalue weighted by Gasteiger charge is -2.25. The monoisotopic (exact) mass is 575 g/mol. The van der Waals surface area contributed by atoms with Gasteiger partial charge in [0.1, 0.15) is 17.5 Å². The number of carbonyl (C=O) groups is 2. The fourth-order valence-electron chi connectivity index (χ4n) is 4.14. The van der Waals surface area contributed by atoms with E-state index in [1.807, 2.05) is 40.7 Å². The van der Waals surface area contributed by atoms with Gasteiger partial charge < -0.3 is 20.3 Å². The van der Waals surface area contributed by atoms with Gasteiger partial charge >= 0.3 is 6.03 Å². The van der Waals surface area contributed by atoms with E-state index in [2.05, 4.69) is 10.6 Å². The smallest absolute Gasteiger partial charge is 0.317 e. The van der Waals surface area contributed by atoms with Crippen LogP contribution >= 0.6 is 23.2 Å². The maximum atomic E-state index is 13.4. The van der Waals surface area contributed by atoms with E-state index < -0.39 is 12.1 Å². The molecule has 1 aliphatic heterocycles. The van der Waals surface area contributed by atoms with E-state index in [4.69, 9.17) is 32.1 Å². The predicted molar refractivity (Wildman–Crippen MR) is 154 cm³/mol. The molecule has 1 aliphatic rings. The number of nitrogens with zero attached hydrogens (tertiary/aromatic N) is 2. The second-order valence-electron chi connectivity index (χ2n) is 8.61. The lowest BCUT2D eigenvalue weighted by atomic mass is 10.0. The first-order valence-corrected chi connectivity index (χ1v) is 13.5. The molecule has 200 valence electrons. The Balaban J connectivity index is 1.34. The SMILES string of the molecule is COc1ccc(N(C)C(=O)C(Cc2ccccc2)NC(=O)NCO[SH+]N2CCc3cc(Cl)cc(Cl)c32)cc1. The Hall–Kier alpha value is -3.11. The number of hydrogen-bond donors (Lipinski definition) is 2. The summed E-state index contributed by atoms with van der Waals surface area (Å²) in [6.45, 7) is 0.680. The molecule has 1 heterocycles. The van der Waals surface area contributed by atoms with Gasteiger partial charge in [-0.2, -0.15) is 4.31 Å². The highest BCUT2D eigenvalue weighted by atomic mass is 35.5. The molecule has 0 spiro atoms. The van der Waals surface area contributed by atoms with Gasteiger partial charge in [-0.05, 0) is 53.9 Å². The standard InChI is InChI=1S/C27H28Cl2N4O4S/c1-32(21-8-10-22(36-2)11-9-21)26(34)24(14-18-6-4-3-5-7-18)31-27(35)30-17-37-38-33-13-12-19-15-20(28)16-23(29)25(19)33/h3-11,15-16,24H,12-14,17H2,1-2H3,(H2,30,31,35)/p+1. The predicted octanol–water partition coefficient (Wildman–Crippen LogP) is 4.56. The van der Waals surface area contributed by atoms with Gasteiger partial charge in [-0.1, -0.05) is 53.5 Å². The summed E-state index contributed by atoms with van der Waals surface area (Å²) in [4.78, 5) is 27.7. The van der Waals surface area contributed by atoms with Gasteiger partial charge in [-0.25, -0.2) is 4.79 Å². The van der Waals surface area contributed by atoms with Gasteiger partial charge in [0.25, 0.3) is 12.2 Å². The van der Waals surface area contributed by atoms with Gasteiger partial charge in [0.05, 0.1) is 18.7 Å². The highest BCUT2D eigenvalue weighted by Crippen LogP contribution is 2.38. The fourth-order valence-corrected chi connectivity index (χ4v) is 5.60. The number of benzene rings is 3. The first-order valence-electron chi connectivity index (χ1n) is 11.9. The van der Waals surface area contributed by atoms with Crippen LogP contribution in [0.1, 0.15) is 11.1 Å². The molecule has 38 heavy (non-hydrogen) atoms. The van der Waals surface area contributed by atoms with E-state index in [1.165, 1.54) is 4.90 Å². The third-order valence-electron chi connectivity index (χ3n) is 6.09. The summed E-state index contributed by atoms with van der Waals surface area (Å²) in [5.41, 5.74) is 3.56. The number of urea groups is 1. The summed E-state index contributed by atoms with van der Waals surface area (Å²) >= 11 is 13.0. The number of methoxy groups -OCH3 is 1. The molecule has 0 aliphatic carbocycles. The van der Waals surface area contributed by atoms with Crippen molar-refractivity contribution in [3.05, 3.63) is 87.9 Å². The number of carbonyl (C=O) groups excluding carboxylic acids is 2. The van der Waals surface area contributed by atoms with E-state index in [1.54, 1.807) is 44.5 Å². The average molecular weight is 577 g/mol. The van der Waals surface area contributed by atoms with Crippen molar-refractivity contribution < 1.29 is 18.5 Å². The maximum absolute atomic E-state index is 13.4. The zero-order valence-corrected chi connectivity index (χ0v) is 23.4. The zero-order valence-electron chi connectivity index (χ0n) is 21.0. The van der Waals surface area contributed by atoms with Gasteiger partial charge in [0, 0.05) is 24.2 Å². The summed E-state index contributed by atoms with van der Waals surface area (Å²) in [5, 5.41) is 6.64. The summed E-state index contributed by atoms with van der Waals surface area (Å²) < 4.78 is 12.8. The van der Waals surface area contributed by atoms with Crippen molar-refractivity contribution in [3.8, 4) is 5.75 Å². The number of halogens is 2. The van der Waals surface area contributed by atoms with Crippen molar-refractivity contribution >= 4 is 58.7 Å². The molecular formula is C27H29Cl2N4O4S+. The Labute approximate surface area is 236 Å². The van der Waals surface area contributed by atoms with E-state index in [9.17, 15) is 9.59 Å². The number of amides is 3. The molecular weight excluding hydrogens is 547 g/mol. The number of fused-ring (bicyclic) bond motifs is 1. The lowest BCUT2D eigenvalue weighted by molar-refractivity contribution is -0.120. The van der Waals surface area contributed by atoms with E-state index in [0.717, 1.165) is 29.8 Å². The quantitative estimate of drug-likeness (QED) is 0.160. The van der Waals surface area contributed by atoms with Crippen molar-refractivity contribution in [1.29, 1.82) is 0 Å². The van der Waals surface area contributed by atoms with E-state index in [-0.39, 0.29) is 12.6 Å². The number of likely N-dealkylation sites (N-methyl/N-ethyl adjacent to an activating group) is 1. The van der Waals surface area contributed by atoms with Crippen LogP contribution in [0.15, 0.2) is 66.7 Å². The van der Waals surface area contributed by atoms with Crippen LogP contribution in [0.2, 0.25) is 10.0 Å². The van der Waals surface area contributed by atoms with Gasteiger partial charge in [0.15, 0.2) is 6.73 Å². The molecule has 2 N–H and O–H groups in total. The Morgan fingerprint density at radius 3 is 2.55 bits per heavy atom. The van der Waals surface area contributed by atoms with Crippen LogP contribution in [-0.2, 0) is 34.0 Å². The molecule has 1 atom stereocenters. The molecule has 1 unspecified atom stereocenters. The summed E-state index contributed by atoms with van der Waals surface area (Å²) in [6, 6.07) is 19.0. The summed E-state index contributed by atoms with van der Waals surface area (Å²) in [7, 11) is 3.26. The molecule has 4 rings (SSSR count). The van der Waals surface area contributed by atoms with Crippen LogP contribution in [0, 0.1) is 0 Å². The van der Waals surface area contributed by atoms with Crippen molar-refractivity contribution in [2.75, 3.05) is 36.6 Å². The highest BCUT2D eigenvalue weighted by molar-refractivity contribution is 7.75. The van der Waals surface area contributed by atoms with Crippen LogP contribution in [0.5, 0.6) is 5.75 Å². The normalized spacial score (nSPS) is 13.0. The van der Waals surface area contributed by atoms with E-state index >= 15 is 0 Å². The zero-order chi connectivity index (χ0) is 27.1. The molecule has 0 bridgehead atoms. The number of nitrogens with one attached hydrogen (secondary N) is 2. The Kier molecular flexibility index (Phi) is 9.63. The van der Waals surface area contributed by atoms with Crippen LogP contribution < -0.4 is 24.6 Å². The number of ether oxygens (including phenoxy) is 1. The molecule has 3 aromatic carbocycles. The van der Waals surface area contributed by atoms with Crippen molar-refractivity contribution in [3.63, 3.8) is 0 Å². The van der Waals surface area contributed by atoms with E-state index in [0.29, 0.717) is 40.1 Å². The molecule has 0 saturated carbocycles. The lowest BCUT2D eigenvalue weighted by Crippen LogP contribution is -2.52. The number of thiol groups is 1. The minimum Gasteiger partial charge on any atom is -0.497 e. The third kappa shape index (κ3) is 7.05. The van der Waals surface area contributed by atoms with Crippen molar-refractivity contribution in [2.24, 2.45) is 0 Å². The maximum Gasteiger partial charge on any atom is 0.317 e. The second kappa shape index (κ2) is 13.1. The molecule has 3 amide bonds. The average Bonchev–Trinajstić information content (AvgIpc) is 3.33. The third-order valence-corrected chi connectivity index (χ3v) is 7.44. The second-order valence-corrected chi connectivity index (χ2v) is 10.4. The Morgan fingerprint density at radius 1 is 1.11 bits per heavy atom. The first-order chi connectivity index (χ1) is 18.4. The molecule has 0 aromatic heterocycles. The molecule has 0 fully saturated rings. The van der Waals surface area contributed by atoms with Crippen molar-refractivity contribution in [1.82, 2.24) is 10.6 Å². The number of hydrogen-bond acceptors (Lipinski definition) is 5. The van der Waals surface area contributed by atoms with Crippen LogP contribution in [0.4, 0.5) is 16.2 Å². The van der Waals surface area contributed by atoms with Gasteiger partial charge in [0.2, 0.25) is 5.91 Å². The molecule has 0 saturated heterocycles. The fraction of sp³-hybridized carbons (Fsp3) is 0.259. The minimum atomic E-state index is -0.795. The van der Waals surface area contributed by atoms with Gasteiger partial charge in [-0.3, -0.25) is 4.79 Å². The van der Waals surface area contributed by atoms with Crippen LogP contribution in [-0.4, -0.2) is 45.4 Å². The topological polar surface area (TPSA) is 83.1 Å². The number of rotatable bonds is 10. The minimum absolute atomic E-state index is 0.0506. The number of anilines is 2. The molecule has 3 aromatic rings. The highest BCUT2D eigenvalue weighted by Gasteiger charge is 2.29. The van der Waals surface area contributed by atoms with Crippen molar-refractivity contribution in [2.45, 2.75) is 18.9 Å². The Morgan fingerprint density at radius 2 is 1.84 bits per heavy atom. The molecule has 0 radical (unpaired) electrons. The summed E-state index contributed by atoms with van der Waals surface area (Å²) in [5.74, 6) is 0.436. The Bertz CT molecular complexity index is 1260. The van der Waals surface area contributed by atoms with Crippen LogP contribution in [0.3, 0.4) is 0 Å². The molecule has 8 nitrogen and oxygen atoms in total. The molecule has 11 heteroatoms. The van der Waals surface area contributed by atoms with Gasteiger partial charge in [-0.15, -0.1) is 4.18 Å².